The van der Waals surface area contributed by atoms with Crippen molar-refractivity contribution in [2.75, 3.05) is 20.3 Å². The minimum Gasteiger partial charge on any atom is -0.493 e. The van der Waals surface area contributed by atoms with E-state index in [-0.39, 0.29) is 24.3 Å². The van der Waals surface area contributed by atoms with Gasteiger partial charge in [-0.25, -0.2) is 0 Å². The van der Waals surface area contributed by atoms with E-state index in [1.54, 1.807) is 25.3 Å². The van der Waals surface area contributed by atoms with Crippen LogP contribution in [0.3, 0.4) is 0 Å². The second-order valence-corrected chi connectivity index (χ2v) is 6.24. The summed E-state index contributed by atoms with van der Waals surface area (Å²) in [4.78, 5) is 26.1. The molecule has 0 unspecified atom stereocenters. The number of rotatable bonds is 6. The van der Waals surface area contributed by atoms with Crippen molar-refractivity contribution >= 4 is 29.0 Å². The van der Waals surface area contributed by atoms with Crippen molar-refractivity contribution in [1.82, 2.24) is 4.90 Å². The zero-order valence-electron chi connectivity index (χ0n) is 13.7. The topological polar surface area (TPSA) is 55.8 Å². The Morgan fingerprint density at radius 1 is 1.00 bits per heavy atom. The minimum absolute atomic E-state index is 0.189. The molecule has 0 aliphatic carbocycles. The van der Waals surface area contributed by atoms with E-state index in [4.69, 9.17) is 9.47 Å². The molecule has 6 heteroatoms. The van der Waals surface area contributed by atoms with Gasteiger partial charge in [0.15, 0.2) is 11.5 Å². The van der Waals surface area contributed by atoms with E-state index in [0.717, 1.165) is 17.3 Å². The second kappa shape index (κ2) is 7.90. The van der Waals surface area contributed by atoms with E-state index in [2.05, 4.69) is 0 Å². The predicted molar refractivity (Wildman–Crippen MR) is 97.6 cm³/mol. The molecule has 1 fully saturated rings. The Hall–Kier alpha value is -2.73. The van der Waals surface area contributed by atoms with Gasteiger partial charge in [-0.3, -0.25) is 14.5 Å². The van der Waals surface area contributed by atoms with E-state index in [0.29, 0.717) is 16.4 Å². The van der Waals surface area contributed by atoms with Crippen LogP contribution in [0, 0.1) is 0 Å². The smallest absolute Gasteiger partial charge is 0.293 e. The van der Waals surface area contributed by atoms with Crippen LogP contribution < -0.4 is 9.47 Å². The van der Waals surface area contributed by atoms with E-state index in [1.165, 1.54) is 4.90 Å². The molecular formula is C19H17NO4S. The molecule has 2 amide bonds. The number of nitrogens with zero attached hydrogens (tertiary/aromatic N) is 1. The Morgan fingerprint density at radius 2 is 1.68 bits per heavy atom. The monoisotopic (exact) mass is 355 g/mol. The summed E-state index contributed by atoms with van der Waals surface area (Å²) in [6, 6.07) is 16.7. The molecule has 128 valence electrons. The van der Waals surface area contributed by atoms with Gasteiger partial charge in [-0.15, -0.1) is 0 Å². The van der Waals surface area contributed by atoms with Gasteiger partial charge in [-0.1, -0.05) is 42.5 Å². The van der Waals surface area contributed by atoms with Crippen LogP contribution in [0.25, 0.3) is 6.08 Å². The van der Waals surface area contributed by atoms with Gasteiger partial charge in [0.1, 0.15) is 6.61 Å². The Balaban J connectivity index is 1.62. The molecule has 0 atom stereocenters. The highest BCUT2D eigenvalue weighted by molar-refractivity contribution is 8.18. The zero-order valence-corrected chi connectivity index (χ0v) is 14.5. The number of para-hydroxylation sites is 2. The number of benzene rings is 2. The van der Waals surface area contributed by atoms with Crippen molar-refractivity contribution in [2.45, 2.75) is 0 Å². The number of carbonyl (C=O) groups excluding carboxylic acids is 2. The molecule has 1 heterocycles. The summed E-state index contributed by atoms with van der Waals surface area (Å²) in [5, 5.41) is -0.282. The number of thioether (sulfide) groups is 1. The molecule has 0 radical (unpaired) electrons. The van der Waals surface area contributed by atoms with Gasteiger partial charge in [-0.2, -0.15) is 0 Å². The predicted octanol–water partition coefficient (Wildman–Crippen LogP) is 3.81. The van der Waals surface area contributed by atoms with Gasteiger partial charge in [-0.05, 0) is 35.5 Å². The van der Waals surface area contributed by atoms with Crippen LogP contribution in [-0.4, -0.2) is 36.3 Å². The maximum Gasteiger partial charge on any atom is 0.293 e. The average Bonchev–Trinajstić information content (AvgIpc) is 2.90. The van der Waals surface area contributed by atoms with Crippen molar-refractivity contribution in [2.24, 2.45) is 0 Å². The molecule has 0 saturated carbocycles. The van der Waals surface area contributed by atoms with E-state index < -0.39 is 0 Å². The quantitative estimate of drug-likeness (QED) is 0.738. The van der Waals surface area contributed by atoms with Crippen molar-refractivity contribution in [3.63, 3.8) is 0 Å². The Labute approximate surface area is 150 Å². The first-order valence-corrected chi connectivity index (χ1v) is 8.57. The lowest BCUT2D eigenvalue weighted by molar-refractivity contribution is -0.123. The summed E-state index contributed by atoms with van der Waals surface area (Å²) in [5.41, 5.74) is 0.887. The maximum absolute atomic E-state index is 12.4. The fourth-order valence-electron chi connectivity index (χ4n) is 2.38. The molecule has 0 spiro atoms. The minimum atomic E-state index is -0.289. The third kappa shape index (κ3) is 4.03. The first-order chi connectivity index (χ1) is 12.2. The first kappa shape index (κ1) is 17.1. The molecule has 25 heavy (non-hydrogen) atoms. The van der Waals surface area contributed by atoms with Gasteiger partial charge < -0.3 is 9.47 Å². The Morgan fingerprint density at radius 3 is 2.40 bits per heavy atom. The van der Waals surface area contributed by atoms with Crippen LogP contribution in [0.2, 0.25) is 0 Å². The van der Waals surface area contributed by atoms with Crippen molar-refractivity contribution in [3.8, 4) is 11.5 Å². The normalized spacial score (nSPS) is 15.7. The summed E-state index contributed by atoms with van der Waals surface area (Å²) in [7, 11) is 1.56. The summed E-state index contributed by atoms with van der Waals surface area (Å²) in [6.07, 6.45) is 1.73. The van der Waals surface area contributed by atoms with E-state index >= 15 is 0 Å². The third-order valence-electron chi connectivity index (χ3n) is 3.61. The molecule has 1 aliphatic heterocycles. The van der Waals surface area contributed by atoms with E-state index in [1.807, 2.05) is 42.5 Å². The Kier molecular flexibility index (Phi) is 5.40. The maximum atomic E-state index is 12.4. The SMILES string of the molecule is COc1ccccc1OCCN1C(=O)S/C(=C/c2ccccc2)C1=O. The van der Waals surface area contributed by atoms with Crippen LogP contribution in [0.15, 0.2) is 59.5 Å². The number of carbonyl (C=O) groups is 2. The number of imide groups is 1. The summed E-state index contributed by atoms with van der Waals surface area (Å²) < 4.78 is 10.8. The van der Waals surface area contributed by atoms with Crippen LogP contribution in [0.1, 0.15) is 5.56 Å². The highest BCUT2D eigenvalue weighted by Gasteiger charge is 2.34. The van der Waals surface area contributed by atoms with Gasteiger partial charge in [0.2, 0.25) is 0 Å². The average molecular weight is 355 g/mol. The summed E-state index contributed by atoms with van der Waals surface area (Å²) in [6.45, 7) is 0.395. The van der Waals surface area contributed by atoms with Gasteiger partial charge in [0.05, 0.1) is 18.6 Å². The number of amides is 2. The molecule has 0 aromatic heterocycles. The number of hydrogen-bond acceptors (Lipinski definition) is 5. The first-order valence-electron chi connectivity index (χ1n) is 7.75. The van der Waals surface area contributed by atoms with Gasteiger partial charge >= 0.3 is 0 Å². The highest BCUT2D eigenvalue weighted by Crippen LogP contribution is 2.32. The lowest BCUT2D eigenvalue weighted by Gasteiger charge is -2.14. The molecule has 1 saturated heterocycles. The van der Waals surface area contributed by atoms with Crippen LogP contribution in [0.5, 0.6) is 11.5 Å². The van der Waals surface area contributed by atoms with Crippen LogP contribution in [0.4, 0.5) is 4.79 Å². The summed E-state index contributed by atoms with van der Waals surface area (Å²) >= 11 is 0.949. The van der Waals surface area contributed by atoms with Crippen molar-refractivity contribution in [3.05, 3.63) is 65.1 Å². The molecule has 1 aliphatic rings. The molecule has 2 aromatic rings. The lowest BCUT2D eigenvalue weighted by atomic mass is 10.2. The molecule has 3 rings (SSSR count). The van der Waals surface area contributed by atoms with Gasteiger partial charge in [0, 0.05) is 0 Å². The van der Waals surface area contributed by atoms with Crippen molar-refractivity contribution in [1.29, 1.82) is 0 Å². The molecule has 5 nitrogen and oxygen atoms in total. The van der Waals surface area contributed by atoms with E-state index in [9.17, 15) is 9.59 Å². The molecule has 2 aromatic carbocycles. The number of ether oxygens (including phenoxy) is 2. The fraction of sp³-hybridized carbons (Fsp3) is 0.158. The second-order valence-electron chi connectivity index (χ2n) is 5.24. The zero-order chi connectivity index (χ0) is 17.6. The Bertz CT molecular complexity index is 804. The fourth-order valence-corrected chi connectivity index (χ4v) is 3.24. The molecule has 0 N–H and O–H groups in total. The van der Waals surface area contributed by atoms with Crippen molar-refractivity contribution < 1.29 is 19.1 Å². The van der Waals surface area contributed by atoms with Gasteiger partial charge in [0.25, 0.3) is 11.1 Å². The number of hydrogen-bond donors (Lipinski definition) is 0. The molecular weight excluding hydrogens is 338 g/mol. The highest BCUT2D eigenvalue weighted by atomic mass is 32.2. The largest absolute Gasteiger partial charge is 0.493 e. The van der Waals surface area contributed by atoms with Crippen LogP contribution in [-0.2, 0) is 4.79 Å². The standard InChI is InChI=1S/C19H17NO4S/c1-23-15-9-5-6-10-16(15)24-12-11-20-18(21)17(25-19(20)22)13-14-7-3-2-4-8-14/h2-10,13H,11-12H2,1H3/b17-13+. The lowest BCUT2D eigenvalue weighted by Crippen LogP contribution is -2.32. The van der Waals surface area contributed by atoms with Crippen LogP contribution >= 0.6 is 11.8 Å². The third-order valence-corrected chi connectivity index (χ3v) is 4.52. The number of methoxy groups -OCH3 is 1. The summed E-state index contributed by atoms with van der Waals surface area (Å²) in [5.74, 6) is 0.903. The molecule has 0 bridgehead atoms.